The summed E-state index contributed by atoms with van der Waals surface area (Å²) in [5, 5.41) is -0.988. The zero-order chi connectivity index (χ0) is 8.15. The van der Waals surface area contributed by atoms with Crippen LogP contribution in [0.15, 0.2) is 0 Å². The summed E-state index contributed by atoms with van der Waals surface area (Å²) in [5.74, 6) is -0.662. The van der Waals surface area contributed by atoms with Gasteiger partial charge in [-0.1, -0.05) is 11.6 Å². The van der Waals surface area contributed by atoms with E-state index < -0.39 is 17.0 Å². The Morgan fingerprint density at radius 1 is 1.70 bits per heavy atom. The Hall–Kier alpha value is -0.0200. The van der Waals surface area contributed by atoms with Crippen LogP contribution in [0.25, 0.3) is 0 Å². The number of hydrogen-bond acceptors (Lipinski definition) is 2. The summed E-state index contributed by atoms with van der Waals surface area (Å²) in [4.78, 5) is 10.5. The monoisotopic (exact) mass is 188 g/mol. The lowest BCUT2D eigenvalue weighted by molar-refractivity contribution is -0.140. The number of hydrogen-bond donors (Lipinski definition) is 0. The molecule has 0 aliphatic heterocycles. The third-order valence-corrected chi connectivity index (χ3v) is 1.38. The van der Waals surface area contributed by atoms with Crippen molar-refractivity contribution in [2.24, 2.45) is 0 Å². The van der Waals surface area contributed by atoms with E-state index in [0.717, 1.165) is 0 Å². The molecular formula is C5H7Cl2FO2. The summed E-state index contributed by atoms with van der Waals surface area (Å²) in [6.07, 6.45) is -0.226. The van der Waals surface area contributed by atoms with E-state index >= 15 is 0 Å². The number of carbonyl (C=O) groups excluding carboxylic acids is 1. The van der Waals surface area contributed by atoms with Gasteiger partial charge < -0.3 is 4.74 Å². The summed E-state index contributed by atoms with van der Waals surface area (Å²) < 4.78 is 16.1. The Morgan fingerprint density at radius 3 is 2.50 bits per heavy atom. The zero-order valence-corrected chi connectivity index (χ0v) is 6.82. The normalized spacial score (nSPS) is 16.0. The third-order valence-electron chi connectivity index (χ3n) is 0.842. The summed E-state index contributed by atoms with van der Waals surface area (Å²) in [5.41, 5.74) is -1.60. The number of esters is 1. The summed E-state index contributed by atoms with van der Waals surface area (Å²) in [7, 11) is 1.18. The lowest BCUT2D eigenvalue weighted by atomic mass is 10.3. The third kappa shape index (κ3) is 3.90. The van der Waals surface area contributed by atoms with Crippen LogP contribution in [-0.2, 0) is 9.53 Å². The van der Waals surface area contributed by atoms with Crippen LogP contribution in [0.2, 0.25) is 0 Å². The molecule has 0 saturated heterocycles. The average Bonchev–Trinajstić information content (AvgIpc) is 1.85. The number of halogens is 3. The van der Waals surface area contributed by atoms with Crippen molar-refractivity contribution in [2.45, 2.75) is 17.4 Å². The molecule has 60 valence electrons. The number of alkyl halides is 3. The van der Waals surface area contributed by atoms with Crippen molar-refractivity contribution in [1.82, 2.24) is 0 Å². The van der Waals surface area contributed by atoms with Gasteiger partial charge in [-0.05, 0) is 0 Å². The van der Waals surface area contributed by atoms with E-state index in [-0.39, 0.29) is 6.42 Å². The highest BCUT2D eigenvalue weighted by molar-refractivity contribution is 6.30. The highest BCUT2D eigenvalue weighted by Gasteiger charge is 2.19. The first-order valence-corrected chi connectivity index (χ1v) is 3.45. The molecule has 0 fully saturated rings. The molecule has 0 aromatic rings. The molecule has 0 aliphatic rings. The van der Waals surface area contributed by atoms with E-state index in [9.17, 15) is 9.18 Å². The molecule has 0 amide bonds. The van der Waals surface area contributed by atoms with Gasteiger partial charge in [-0.15, -0.1) is 11.6 Å². The molecule has 0 radical (unpaired) electrons. The molecule has 0 bridgehead atoms. The van der Waals surface area contributed by atoms with Gasteiger partial charge in [0.05, 0.1) is 7.11 Å². The molecule has 0 rings (SSSR count). The minimum Gasteiger partial charge on any atom is -0.468 e. The quantitative estimate of drug-likeness (QED) is 0.498. The molecule has 0 aromatic heterocycles. The largest absolute Gasteiger partial charge is 0.468 e. The van der Waals surface area contributed by atoms with Crippen molar-refractivity contribution < 1.29 is 13.9 Å². The van der Waals surface area contributed by atoms with Crippen molar-refractivity contribution in [1.29, 1.82) is 0 Å². The van der Waals surface area contributed by atoms with Gasteiger partial charge in [0.25, 0.3) is 0 Å². The van der Waals surface area contributed by atoms with Crippen LogP contribution in [0, 0.1) is 0 Å². The Balaban J connectivity index is 3.61. The summed E-state index contributed by atoms with van der Waals surface area (Å²) in [6, 6.07) is 0. The molecule has 0 saturated carbocycles. The highest BCUT2D eigenvalue weighted by Crippen LogP contribution is 2.12. The van der Waals surface area contributed by atoms with Gasteiger partial charge in [-0.3, -0.25) is 4.79 Å². The van der Waals surface area contributed by atoms with Gasteiger partial charge in [-0.2, -0.15) is 0 Å². The van der Waals surface area contributed by atoms with Gasteiger partial charge in [0.15, 0.2) is 5.63 Å². The molecule has 2 nitrogen and oxygen atoms in total. The van der Waals surface area contributed by atoms with Crippen LogP contribution in [-0.4, -0.2) is 24.1 Å². The molecule has 0 N–H and O–H groups in total. The maximum absolute atomic E-state index is 11.9. The van der Waals surface area contributed by atoms with E-state index in [0.29, 0.717) is 0 Å². The second-order valence-electron chi connectivity index (χ2n) is 1.62. The standard InChI is InChI=1S/C5H7Cl2FO2/c1-10-5(9)3(6)2-4(7)8/h3-4H,2H2,1H3. The average molecular weight is 189 g/mol. The minimum atomic E-state index is -1.60. The van der Waals surface area contributed by atoms with Gasteiger partial charge in [0, 0.05) is 6.42 Å². The molecule has 2 atom stereocenters. The van der Waals surface area contributed by atoms with E-state index in [1.165, 1.54) is 7.11 Å². The van der Waals surface area contributed by atoms with E-state index in [2.05, 4.69) is 4.74 Å². The first kappa shape index (κ1) is 9.98. The lowest BCUT2D eigenvalue weighted by Crippen LogP contribution is -2.18. The maximum Gasteiger partial charge on any atom is 0.323 e. The maximum atomic E-state index is 11.9. The molecule has 5 heteroatoms. The summed E-state index contributed by atoms with van der Waals surface area (Å²) >= 11 is 10.2. The number of methoxy groups -OCH3 is 1. The van der Waals surface area contributed by atoms with E-state index in [4.69, 9.17) is 23.2 Å². The van der Waals surface area contributed by atoms with Gasteiger partial charge in [-0.25, -0.2) is 4.39 Å². The lowest BCUT2D eigenvalue weighted by Gasteiger charge is -2.05. The predicted octanol–water partition coefficient (Wildman–Crippen LogP) is 1.69. The number of rotatable bonds is 3. The highest BCUT2D eigenvalue weighted by atomic mass is 35.5. The fourth-order valence-electron chi connectivity index (χ4n) is 0.381. The minimum absolute atomic E-state index is 0.226. The summed E-state index contributed by atoms with van der Waals surface area (Å²) in [6.45, 7) is 0. The number of carbonyl (C=O) groups is 1. The Labute approximate surface area is 68.2 Å². The van der Waals surface area contributed by atoms with Crippen LogP contribution in [0.3, 0.4) is 0 Å². The zero-order valence-electron chi connectivity index (χ0n) is 5.31. The van der Waals surface area contributed by atoms with Crippen LogP contribution >= 0.6 is 23.2 Å². The second kappa shape index (κ2) is 4.74. The fraction of sp³-hybridized carbons (Fsp3) is 0.800. The van der Waals surface area contributed by atoms with Gasteiger partial charge >= 0.3 is 5.97 Å². The SMILES string of the molecule is COC(=O)C(Cl)CC(F)Cl. The van der Waals surface area contributed by atoms with Crippen LogP contribution < -0.4 is 0 Å². The smallest absolute Gasteiger partial charge is 0.323 e. The molecule has 2 unspecified atom stereocenters. The van der Waals surface area contributed by atoms with Gasteiger partial charge in [0.2, 0.25) is 0 Å². The van der Waals surface area contributed by atoms with Crippen LogP contribution in [0.4, 0.5) is 4.39 Å². The fourth-order valence-corrected chi connectivity index (χ4v) is 0.895. The van der Waals surface area contributed by atoms with Crippen molar-refractivity contribution in [3.05, 3.63) is 0 Å². The molecule has 0 heterocycles. The van der Waals surface area contributed by atoms with Crippen molar-refractivity contribution in [3.8, 4) is 0 Å². The first-order chi connectivity index (χ1) is 4.57. The topological polar surface area (TPSA) is 26.3 Å². The van der Waals surface area contributed by atoms with Crippen molar-refractivity contribution in [3.63, 3.8) is 0 Å². The predicted molar refractivity (Wildman–Crippen MR) is 37.0 cm³/mol. The van der Waals surface area contributed by atoms with Crippen LogP contribution in [0.5, 0.6) is 0 Å². The van der Waals surface area contributed by atoms with Crippen molar-refractivity contribution >= 4 is 29.2 Å². The molecule has 0 spiro atoms. The van der Waals surface area contributed by atoms with Crippen molar-refractivity contribution in [2.75, 3.05) is 7.11 Å². The van der Waals surface area contributed by atoms with Gasteiger partial charge in [0.1, 0.15) is 5.38 Å². The Bertz CT molecular complexity index is 118. The molecule has 0 aliphatic carbocycles. The molecule has 0 aromatic carbocycles. The van der Waals surface area contributed by atoms with Crippen LogP contribution in [0.1, 0.15) is 6.42 Å². The second-order valence-corrected chi connectivity index (χ2v) is 2.62. The molecule has 10 heavy (non-hydrogen) atoms. The molecular weight excluding hydrogens is 182 g/mol. The number of ether oxygens (including phenoxy) is 1. The van der Waals surface area contributed by atoms with E-state index in [1.54, 1.807) is 0 Å². The Kier molecular flexibility index (Phi) is 4.73. The Morgan fingerprint density at radius 2 is 2.20 bits per heavy atom. The van der Waals surface area contributed by atoms with E-state index in [1.807, 2.05) is 0 Å². The first-order valence-electron chi connectivity index (χ1n) is 2.58.